The molecule has 1 aliphatic rings. The van der Waals surface area contributed by atoms with Crippen LogP contribution in [0.25, 0.3) is 0 Å². The highest BCUT2D eigenvalue weighted by atomic mass is 19.4. The van der Waals surface area contributed by atoms with Crippen molar-refractivity contribution in [3.63, 3.8) is 0 Å². The molecule has 1 aromatic rings. The van der Waals surface area contributed by atoms with E-state index >= 15 is 0 Å². The quantitative estimate of drug-likeness (QED) is 0.578. The van der Waals surface area contributed by atoms with E-state index in [2.05, 4.69) is 4.74 Å². The number of nitrogens with one attached hydrogen (secondary N) is 3. The Hall–Kier alpha value is -2.62. The van der Waals surface area contributed by atoms with Gasteiger partial charge in [0.1, 0.15) is 11.9 Å². The summed E-state index contributed by atoms with van der Waals surface area (Å²) in [5, 5.41) is 17.1. The minimum atomic E-state index is -4.87. The topological polar surface area (TPSA) is 104 Å². The van der Waals surface area contributed by atoms with Gasteiger partial charge in [-0.1, -0.05) is 6.07 Å². The van der Waals surface area contributed by atoms with E-state index < -0.39 is 30.1 Å². The summed E-state index contributed by atoms with van der Waals surface area (Å²) in [6.45, 7) is 0.488. The minimum Gasteiger partial charge on any atom is -0.409 e. The lowest BCUT2D eigenvalue weighted by Crippen LogP contribution is -2.35. The van der Waals surface area contributed by atoms with Gasteiger partial charge in [0.2, 0.25) is 5.90 Å². The number of halogens is 3. The fourth-order valence-electron chi connectivity index (χ4n) is 2.00. The van der Waals surface area contributed by atoms with Crippen LogP contribution in [0.5, 0.6) is 5.75 Å². The zero-order valence-corrected chi connectivity index (χ0v) is 12.3. The molecular weight excluding hydrogens is 331 g/mol. The molecule has 0 aromatic heterocycles. The van der Waals surface area contributed by atoms with Gasteiger partial charge in [0, 0.05) is 12.2 Å². The SMILES string of the molecule is N=C(NC(=O)c1cccc(OC(F)(F)F)c1)OC(=N)C1CCCO1. The predicted molar refractivity (Wildman–Crippen MR) is 76.1 cm³/mol. The number of amidine groups is 1. The molecule has 0 aliphatic carbocycles. The van der Waals surface area contributed by atoms with Crippen LogP contribution in [0.15, 0.2) is 24.3 Å². The van der Waals surface area contributed by atoms with E-state index in [1.807, 2.05) is 5.32 Å². The molecule has 10 heteroatoms. The van der Waals surface area contributed by atoms with E-state index in [9.17, 15) is 18.0 Å². The summed E-state index contributed by atoms with van der Waals surface area (Å²) in [5.74, 6) is -1.74. The fourth-order valence-corrected chi connectivity index (χ4v) is 2.00. The zero-order valence-electron chi connectivity index (χ0n) is 12.3. The first-order valence-electron chi connectivity index (χ1n) is 6.88. The van der Waals surface area contributed by atoms with Gasteiger partial charge >= 0.3 is 6.36 Å². The number of ether oxygens (including phenoxy) is 3. The summed E-state index contributed by atoms with van der Waals surface area (Å²) in [5.41, 5.74) is -0.159. The van der Waals surface area contributed by atoms with Crippen LogP contribution in [-0.2, 0) is 9.47 Å². The molecule has 24 heavy (non-hydrogen) atoms. The lowest BCUT2D eigenvalue weighted by atomic mass is 10.2. The van der Waals surface area contributed by atoms with E-state index in [-0.39, 0.29) is 11.5 Å². The highest BCUT2D eigenvalue weighted by Gasteiger charge is 2.31. The van der Waals surface area contributed by atoms with Crippen LogP contribution < -0.4 is 10.1 Å². The lowest BCUT2D eigenvalue weighted by molar-refractivity contribution is -0.274. The molecular formula is C14H14F3N3O4. The Morgan fingerprint density at radius 2 is 2.08 bits per heavy atom. The highest BCUT2D eigenvalue weighted by Crippen LogP contribution is 2.23. The number of carbonyl (C=O) groups excluding carboxylic acids is 1. The minimum absolute atomic E-state index is 0.159. The summed E-state index contributed by atoms with van der Waals surface area (Å²) in [4.78, 5) is 11.9. The van der Waals surface area contributed by atoms with Gasteiger partial charge in [0.15, 0.2) is 0 Å². The van der Waals surface area contributed by atoms with E-state index in [0.717, 1.165) is 18.6 Å². The molecule has 1 aliphatic heterocycles. The smallest absolute Gasteiger partial charge is 0.409 e. The molecule has 0 bridgehead atoms. The van der Waals surface area contributed by atoms with Crippen LogP contribution in [0.3, 0.4) is 0 Å². The van der Waals surface area contributed by atoms with Crippen LogP contribution >= 0.6 is 0 Å². The van der Waals surface area contributed by atoms with Crippen LogP contribution in [0.2, 0.25) is 0 Å². The molecule has 0 saturated carbocycles. The standard InChI is InChI=1S/C14H14F3N3O4/c15-14(16,17)24-9-4-1-3-8(7-9)12(21)20-13(19)23-11(18)10-5-2-6-22-10/h1,3-4,7,10,18H,2,5-6H2,(H2,19,20,21). The first-order chi connectivity index (χ1) is 11.2. The Morgan fingerprint density at radius 3 is 2.71 bits per heavy atom. The molecule has 0 radical (unpaired) electrons. The Morgan fingerprint density at radius 1 is 1.33 bits per heavy atom. The van der Waals surface area contributed by atoms with E-state index in [0.29, 0.717) is 13.0 Å². The van der Waals surface area contributed by atoms with Gasteiger partial charge < -0.3 is 14.2 Å². The monoisotopic (exact) mass is 345 g/mol. The van der Waals surface area contributed by atoms with E-state index in [4.69, 9.17) is 20.3 Å². The van der Waals surface area contributed by atoms with Crippen LogP contribution in [-0.4, -0.2) is 36.9 Å². The van der Waals surface area contributed by atoms with Crippen molar-refractivity contribution in [3.05, 3.63) is 29.8 Å². The Balaban J connectivity index is 1.92. The summed E-state index contributed by atoms with van der Waals surface area (Å²) in [6, 6.07) is 3.65. The number of carbonyl (C=O) groups is 1. The molecule has 0 spiro atoms. The van der Waals surface area contributed by atoms with Gasteiger partial charge in [-0.05, 0) is 31.0 Å². The van der Waals surface area contributed by atoms with E-state index in [1.165, 1.54) is 12.1 Å². The third kappa shape index (κ3) is 5.23. The third-order valence-corrected chi connectivity index (χ3v) is 2.99. The van der Waals surface area contributed by atoms with Gasteiger partial charge in [-0.3, -0.25) is 20.9 Å². The average molecular weight is 345 g/mol. The molecule has 1 saturated heterocycles. The van der Waals surface area contributed by atoms with Crippen molar-refractivity contribution in [2.24, 2.45) is 0 Å². The molecule has 2 rings (SSSR count). The second kappa shape index (κ2) is 7.30. The third-order valence-electron chi connectivity index (χ3n) is 2.99. The molecule has 1 fully saturated rings. The first kappa shape index (κ1) is 17.7. The van der Waals surface area contributed by atoms with Gasteiger partial charge in [0.05, 0.1) is 0 Å². The van der Waals surface area contributed by atoms with Crippen LogP contribution in [0.1, 0.15) is 23.2 Å². The molecule has 1 atom stereocenters. The molecule has 1 aromatic carbocycles. The van der Waals surface area contributed by atoms with Crippen LogP contribution in [0.4, 0.5) is 13.2 Å². The number of benzene rings is 1. The van der Waals surface area contributed by atoms with Crippen molar-refractivity contribution in [1.82, 2.24) is 5.32 Å². The molecule has 1 amide bonds. The molecule has 1 heterocycles. The van der Waals surface area contributed by atoms with Gasteiger partial charge in [-0.2, -0.15) is 0 Å². The first-order valence-corrected chi connectivity index (χ1v) is 6.88. The number of rotatable bonds is 3. The number of alkyl halides is 3. The normalized spacial score (nSPS) is 17.2. The van der Waals surface area contributed by atoms with Gasteiger partial charge in [0.25, 0.3) is 11.9 Å². The molecule has 7 nitrogen and oxygen atoms in total. The Bertz CT molecular complexity index is 642. The number of hydrogen-bond acceptors (Lipinski definition) is 6. The summed E-state index contributed by atoms with van der Waals surface area (Å²) >= 11 is 0. The second-order valence-corrected chi connectivity index (χ2v) is 4.83. The Kier molecular flexibility index (Phi) is 5.39. The maximum atomic E-state index is 12.2. The van der Waals surface area contributed by atoms with Gasteiger partial charge in [-0.15, -0.1) is 13.2 Å². The van der Waals surface area contributed by atoms with Crippen molar-refractivity contribution in [3.8, 4) is 5.75 Å². The maximum absolute atomic E-state index is 12.2. The van der Waals surface area contributed by atoms with Gasteiger partial charge in [-0.25, -0.2) is 0 Å². The van der Waals surface area contributed by atoms with Crippen molar-refractivity contribution in [2.75, 3.05) is 6.61 Å². The largest absolute Gasteiger partial charge is 0.573 e. The lowest BCUT2D eigenvalue weighted by Gasteiger charge is -2.13. The summed E-state index contributed by atoms with van der Waals surface area (Å²) in [7, 11) is 0. The molecule has 1 unspecified atom stereocenters. The zero-order chi connectivity index (χ0) is 17.7. The van der Waals surface area contributed by atoms with Crippen LogP contribution in [0, 0.1) is 10.8 Å². The Labute approximate surface area is 134 Å². The van der Waals surface area contributed by atoms with E-state index in [1.54, 1.807) is 0 Å². The summed E-state index contributed by atoms with van der Waals surface area (Å²) in [6.07, 6.45) is -4.09. The van der Waals surface area contributed by atoms with Crippen molar-refractivity contribution < 1.29 is 32.2 Å². The molecule has 130 valence electrons. The molecule has 3 N–H and O–H groups in total. The fraction of sp³-hybridized carbons (Fsp3) is 0.357. The maximum Gasteiger partial charge on any atom is 0.573 e. The second-order valence-electron chi connectivity index (χ2n) is 4.83. The highest BCUT2D eigenvalue weighted by molar-refractivity contribution is 6.05. The van der Waals surface area contributed by atoms with Crippen molar-refractivity contribution in [1.29, 1.82) is 10.8 Å². The predicted octanol–water partition coefficient (Wildman–Crippen LogP) is 2.42. The van der Waals surface area contributed by atoms with Crippen molar-refractivity contribution >= 4 is 17.8 Å². The summed E-state index contributed by atoms with van der Waals surface area (Å²) < 4.78 is 50.2. The number of amides is 1. The van der Waals surface area contributed by atoms with Crippen molar-refractivity contribution in [2.45, 2.75) is 25.3 Å². The number of hydrogen-bond donors (Lipinski definition) is 3. The average Bonchev–Trinajstić information content (AvgIpc) is 2.99.